The van der Waals surface area contributed by atoms with Crippen molar-refractivity contribution in [3.63, 3.8) is 0 Å². The van der Waals surface area contributed by atoms with Gasteiger partial charge in [-0.05, 0) is 42.8 Å². The molecular weight excluding hydrogens is 526 g/mol. The van der Waals surface area contributed by atoms with Crippen LogP contribution in [0, 0.1) is 5.82 Å². The number of halogens is 3. The van der Waals surface area contributed by atoms with Gasteiger partial charge >= 0.3 is 0 Å². The highest BCUT2D eigenvalue weighted by atomic mass is 35.5. The van der Waals surface area contributed by atoms with Crippen LogP contribution in [0.3, 0.4) is 0 Å². The molecule has 186 valence electrons. The molecule has 0 amide bonds. The number of aromatic nitrogens is 3. The van der Waals surface area contributed by atoms with Gasteiger partial charge in [-0.1, -0.05) is 41.4 Å². The zero-order valence-electron chi connectivity index (χ0n) is 19.1. The van der Waals surface area contributed by atoms with Crippen LogP contribution in [0.1, 0.15) is 12.2 Å². The summed E-state index contributed by atoms with van der Waals surface area (Å²) < 4.78 is 51.3. The summed E-state index contributed by atoms with van der Waals surface area (Å²) in [7, 11) is -2.33. The van der Waals surface area contributed by atoms with E-state index in [1.165, 1.54) is 36.5 Å². The molecule has 7 nitrogen and oxygen atoms in total. The summed E-state index contributed by atoms with van der Waals surface area (Å²) in [6, 6.07) is 14.8. The zero-order chi connectivity index (χ0) is 25.4. The number of ether oxygens (including phenoxy) is 1. The van der Waals surface area contributed by atoms with E-state index < -0.39 is 20.7 Å². The third kappa shape index (κ3) is 4.50. The second-order valence-electron chi connectivity index (χ2n) is 8.18. The monoisotopic (exact) mass is 546 g/mol. The number of sulfonamides is 1. The van der Waals surface area contributed by atoms with E-state index in [-0.39, 0.29) is 18.0 Å². The Hall–Kier alpha value is -3.27. The Morgan fingerprint density at radius 2 is 1.89 bits per heavy atom. The predicted octanol–water partition coefficient (Wildman–Crippen LogP) is 6.31. The van der Waals surface area contributed by atoms with Crippen LogP contribution < -0.4 is 9.46 Å². The number of hydrogen-bond donors (Lipinski definition) is 2. The molecule has 5 rings (SSSR count). The molecule has 5 aromatic rings. The number of aromatic amines is 1. The van der Waals surface area contributed by atoms with Crippen molar-refractivity contribution in [2.75, 3.05) is 11.3 Å². The minimum atomic E-state index is -4.28. The number of H-pyrrole nitrogens is 1. The van der Waals surface area contributed by atoms with Crippen molar-refractivity contribution < 1.29 is 17.5 Å². The molecule has 3 aromatic carbocycles. The van der Waals surface area contributed by atoms with Gasteiger partial charge < -0.3 is 14.3 Å². The highest BCUT2D eigenvalue weighted by Gasteiger charge is 2.24. The first-order valence-corrected chi connectivity index (χ1v) is 13.3. The summed E-state index contributed by atoms with van der Waals surface area (Å²) in [6.45, 7) is 0.190. The normalized spacial score (nSPS) is 11.9. The third-order valence-electron chi connectivity index (χ3n) is 5.88. The van der Waals surface area contributed by atoms with Gasteiger partial charge in [-0.25, -0.2) is 17.8 Å². The maximum absolute atomic E-state index is 15.2. The van der Waals surface area contributed by atoms with Gasteiger partial charge in [0.1, 0.15) is 10.7 Å². The molecule has 11 heteroatoms. The number of aryl methyl sites for hydroxylation is 2. The summed E-state index contributed by atoms with van der Waals surface area (Å²) in [6.07, 6.45) is 2.69. The van der Waals surface area contributed by atoms with Crippen LogP contribution in [0.5, 0.6) is 5.75 Å². The van der Waals surface area contributed by atoms with Crippen LogP contribution in [0.2, 0.25) is 10.0 Å². The fourth-order valence-electron chi connectivity index (χ4n) is 4.09. The quantitative estimate of drug-likeness (QED) is 0.223. The summed E-state index contributed by atoms with van der Waals surface area (Å²) >= 11 is 12.3. The second kappa shape index (κ2) is 9.65. The van der Waals surface area contributed by atoms with E-state index in [0.717, 1.165) is 16.9 Å². The van der Waals surface area contributed by atoms with Crippen molar-refractivity contribution in [1.29, 1.82) is 0 Å². The fraction of sp³-hybridized carbons (Fsp3) is 0.160. The lowest BCUT2D eigenvalue weighted by Crippen LogP contribution is -2.15. The highest BCUT2D eigenvalue weighted by molar-refractivity contribution is 7.92. The van der Waals surface area contributed by atoms with E-state index in [1.807, 2.05) is 35.9 Å². The average Bonchev–Trinajstić information content (AvgIpc) is 3.40. The third-order valence-corrected chi connectivity index (χ3v) is 7.88. The second-order valence-corrected chi connectivity index (χ2v) is 10.6. The van der Waals surface area contributed by atoms with E-state index in [9.17, 15) is 8.42 Å². The first-order chi connectivity index (χ1) is 17.3. The van der Waals surface area contributed by atoms with Crippen molar-refractivity contribution in [1.82, 2.24) is 14.5 Å². The van der Waals surface area contributed by atoms with Crippen LogP contribution in [0.4, 0.5) is 10.1 Å². The SMILES string of the molecule is Cn1c(CCCOc2cccc(S(=O)(=O)Nc3ccc(Cl)c4c(Cl)c[nH]c34)c2F)nc2ccccc21. The number of imidazole rings is 1. The summed E-state index contributed by atoms with van der Waals surface area (Å²) in [4.78, 5) is 6.97. The molecule has 2 N–H and O–H groups in total. The van der Waals surface area contributed by atoms with E-state index in [4.69, 9.17) is 27.9 Å². The number of nitrogens with zero attached hydrogens (tertiary/aromatic N) is 2. The standard InChI is InChI=1S/C25H21Cl2FN4O3S/c1-32-19-7-3-2-6-17(19)30-22(32)10-5-13-35-20-8-4-9-21(24(20)28)36(33,34)31-18-12-11-15(26)23-16(27)14-29-25(18)23/h2-4,6-9,11-12,14,29,31H,5,10,13H2,1H3. The first-order valence-electron chi connectivity index (χ1n) is 11.1. The van der Waals surface area contributed by atoms with E-state index in [1.54, 1.807) is 0 Å². The smallest absolute Gasteiger partial charge is 0.265 e. The van der Waals surface area contributed by atoms with E-state index in [0.29, 0.717) is 33.8 Å². The zero-order valence-corrected chi connectivity index (χ0v) is 21.4. The Kier molecular flexibility index (Phi) is 6.55. The molecule has 0 atom stereocenters. The Balaban J connectivity index is 1.30. The molecule has 2 aromatic heterocycles. The van der Waals surface area contributed by atoms with Gasteiger partial charge in [0.25, 0.3) is 10.0 Å². The van der Waals surface area contributed by atoms with Crippen LogP contribution >= 0.6 is 23.2 Å². The molecule has 36 heavy (non-hydrogen) atoms. The van der Waals surface area contributed by atoms with Gasteiger partial charge in [0.05, 0.1) is 38.9 Å². The molecular formula is C25H21Cl2FN4O3S. The topological polar surface area (TPSA) is 89.0 Å². The molecule has 0 spiro atoms. The molecule has 0 saturated heterocycles. The number of hydrogen-bond acceptors (Lipinski definition) is 4. The van der Waals surface area contributed by atoms with Crippen molar-refractivity contribution in [3.05, 3.63) is 82.5 Å². The number of anilines is 1. The van der Waals surface area contributed by atoms with E-state index >= 15 is 4.39 Å². The minimum absolute atomic E-state index is 0.146. The van der Waals surface area contributed by atoms with Gasteiger partial charge in [-0.2, -0.15) is 0 Å². The average molecular weight is 547 g/mol. The number of rotatable bonds is 8. The number of nitrogens with one attached hydrogen (secondary N) is 2. The summed E-state index contributed by atoms with van der Waals surface area (Å²) in [5, 5.41) is 1.17. The number of benzene rings is 3. The van der Waals surface area contributed by atoms with Crippen molar-refractivity contribution in [2.24, 2.45) is 7.05 Å². The van der Waals surface area contributed by atoms with Crippen molar-refractivity contribution in [2.45, 2.75) is 17.7 Å². The lowest BCUT2D eigenvalue weighted by atomic mass is 10.2. The highest BCUT2D eigenvalue weighted by Crippen LogP contribution is 2.36. The summed E-state index contributed by atoms with van der Waals surface area (Å²) in [5.41, 5.74) is 2.52. The fourth-order valence-corrected chi connectivity index (χ4v) is 5.82. The molecule has 0 saturated carbocycles. The molecule has 0 aliphatic carbocycles. The lowest BCUT2D eigenvalue weighted by Gasteiger charge is -2.13. The molecule has 0 aliphatic rings. The lowest BCUT2D eigenvalue weighted by molar-refractivity contribution is 0.291. The molecule has 0 bridgehead atoms. The first kappa shape index (κ1) is 24.4. The van der Waals surface area contributed by atoms with Gasteiger partial charge in [0.15, 0.2) is 11.6 Å². The number of para-hydroxylation sites is 2. The molecule has 0 fully saturated rings. The van der Waals surface area contributed by atoms with Gasteiger partial charge in [-0.15, -0.1) is 0 Å². The number of fused-ring (bicyclic) bond motifs is 2. The Labute approximate surface area is 216 Å². The predicted molar refractivity (Wildman–Crippen MR) is 140 cm³/mol. The Morgan fingerprint density at radius 1 is 1.08 bits per heavy atom. The minimum Gasteiger partial charge on any atom is -0.490 e. The largest absolute Gasteiger partial charge is 0.490 e. The Morgan fingerprint density at radius 3 is 2.69 bits per heavy atom. The van der Waals surface area contributed by atoms with Gasteiger partial charge in [0, 0.05) is 25.1 Å². The molecule has 0 aliphatic heterocycles. The van der Waals surface area contributed by atoms with Gasteiger partial charge in [-0.3, -0.25) is 4.72 Å². The maximum atomic E-state index is 15.2. The molecule has 0 radical (unpaired) electrons. The van der Waals surface area contributed by atoms with Crippen molar-refractivity contribution >= 4 is 60.8 Å². The molecule has 0 unspecified atom stereocenters. The Bertz CT molecular complexity index is 1700. The van der Waals surface area contributed by atoms with Crippen LogP contribution in [-0.4, -0.2) is 29.6 Å². The maximum Gasteiger partial charge on any atom is 0.265 e. The molecule has 2 heterocycles. The van der Waals surface area contributed by atoms with Crippen LogP contribution in [0.15, 0.2) is 65.7 Å². The van der Waals surface area contributed by atoms with Crippen LogP contribution in [-0.2, 0) is 23.5 Å². The van der Waals surface area contributed by atoms with Crippen molar-refractivity contribution in [3.8, 4) is 5.75 Å². The van der Waals surface area contributed by atoms with Gasteiger partial charge in [0.2, 0.25) is 0 Å². The summed E-state index contributed by atoms with van der Waals surface area (Å²) in [5.74, 6) is -0.228. The van der Waals surface area contributed by atoms with Crippen LogP contribution in [0.25, 0.3) is 21.9 Å². The van der Waals surface area contributed by atoms with E-state index in [2.05, 4.69) is 14.7 Å².